The van der Waals surface area contributed by atoms with E-state index in [2.05, 4.69) is 38.9 Å². The Labute approximate surface area is 221 Å². The predicted octanol–water partition coefficient (Wildman–Crippen LogP) is 6.28. The molecule has 0 N–H and O–H groups in total. The minimum atomic E-state index is 0.516. The second kappa shape index (κ2) is 13.4. The van der Waals surface area contributed by atoms with Crippen LogP contribution in [-0.4, -0.2) is 55.1 Å². The fourth-order valence-corrected chi connectivity index (χ4v) is 6.89. The highest BCUT2D eigenvalue weighted by atomic mass is 15.3. The van der Waals surface area contributed by atoms with Gasteiger partial charge in [-0.2, -0.15) is 0 Å². The molecule has 0 saturated heterocycles. The summed E-state index contributed by atoms with van der Waals surface area (Å²) in [6.45, 7) is 9.02. The lowest BCUT2D eigenvalue weighted by Gasteiger charge is -2.28. The van der Waals surface area contributed by atoms with Gasteiger partial charge in [-0.25, -0.2) is 9.97 Å². The van der Waals surface area contributed by atoms with Gasteiger partial charge in [0, 0.05) is 69.7 Å². The molecule has 202 valence electrons. The summed E-state index contributed by atoms with van der Waals surface area (Å²) in [5, 5.41) is 3.68. The van der Waals surface area contributed by atoms with E-state index in [1.807, 2.05) is 18.7 Å². The van der Waals surface area contributed by atoms with Gasteiger partial charge in [-0.1, -0.05) is 38.5 Å². The van der Waals surface area contributed by atoms with Crippen molar-refractivity contribution in [1.82, 2.24) is 28.9 Å². The van der Waals surface area contributed by atoms with Crippen LogP contribution in [0.25, 0.3) is 10.4 Å². The van der Waals surface area contributed by atoms with Crippen LogP contribution in [0.15, 0.2) is 23.8 Å². The number of nitrogens with zero attached hydrogens (tertiary/aromatic N) is 9. The molecule has 2 aromatic rings. The van der Waals surface area contributed by atoms with Crippen molar-refractivity contribution in [2.24, 2.45) is 17.0 Å². The van der Waals surface area contributed by atoms with Gasteiger partial charge in [-0.15, -0.1) is 0 Å². The standard InChI is InChI=1S/C14H22N6.C14H23N3/c15-18-17-14-16-9-13-11-19(7-4-8-20(13)14)10-12-5-2-1-3-6-12;1-2-5-13(6-3-1)10-16-7-4-8-17-12-15-9-14(17)11-16/h9,12H,1-8,10-11H2;9,12-13H,1-8,10-11H2. The van der Waals surface area contributed by atoms with E-state index in [0.717, 1.165) is 51.0 Å². The summed E-state index contributed by atoms with van der Waals surface area (Å²) in [6.07, 6.45) is 22.5. The summed E-state index contributed by atoms with van der Waals surface area (Å²) in [7, 11) is 0. The predicted molar refractivity (Wildman–Crippen MR) is 146 cm³/mol. The van der Waals surface area contributed by atoms with E-state index in [4.69, 9.17) is 5.53 Å². The van der Waals surface area contributed by atoms with E-state index in [-0.39, 0.29) is 0 Å². The third-order valence-corrected chi connectivity index (χ3v) is 8.83. The molecular formula is C28H45N9. The van der Waals surface area contributed by atoms with E-state index < -0.39 is 0 Å². The second-order valence-electron chi connectivity index (χ2n) is 11.7. The van der Waals surface area contributed by atoms with Gasteiger partial charge in [0.1, 0.15) is 0 Å². The van der Waals surface area contributed by atoms with Crippen LogP contribution in [-0.2, 0) is 26.2 Å². The molecule has 2 aliphatic carbocycles. The maximum absolute atomic E-state index is 8.57. The first-order chi connectivity index (χ1) is 18.3. The largest absolute Gasteiger partial charge is 0.333 e. The summed E-state index contributed by atoms with van der Waals surface area (Å²) in [5.41, 5.74) is 11.2. The molecule has 4 heterocycles. The van der Waals surface area contributed by atoms with Crippen molar-refractivity contribution in [2.75, 3.05) is 26.2 Å². The van der Waals surface area contributed by atoms with Crippen LogP contribution >= 0.6 is 0 Å². The molecule has 0 unspecified atom stereocenters. The van der Waals surface area contributed by atoms with E-state index in [1.54, 1.807) is 0 Å². The number of fused-ring (bicyclic) bond motifs is 2. The van der Waals surface area contributed by atoms with Gasteiger partial charge in [0.2, 0.25) is 0 Å². The molecule has 2 aromatic heterocycles. The Bertz CT molecular complexity index is 1010. The summed E-state index contributed by atoms with van der Waals surface area (Å²) in [6, 6.07) is 0. The van der Waals surface area contributed by atoms with Crippen LogP contribution < -0.4 is 0 Å². The molecule has 6 rings (SSSR count). The molecule has 2 fully saturated rings. The first-order valence-corrected chi connectivity index (χ1v) is 14.8. The first kappa shape index (κ1) is 26.3. The smallest absolute Gasteiger partial charge is 0.197 e. The van der Waals surface area contributed by atoms with Crippen molar-refractivity contribution >= 4 is 5.95 Å². The molecule has 0 bridgehead atoms. The topological polar surface area (TPSA) is 90.9 Å². The number of hydrogen-bond acceptors (Lipinski definition) is 5. The number of hydrogen-bond donors (Lipinski definition) is 0. The Morgan fingerprint density at radius 1 is 0.757 bits per heavy atom. The van der Waals surface area contributed by atoms with Gasteiger partial charge in [0.05, 0.1) is 17.7 Å². The van der Waals surface area contributed by atoms with Crippen molar-refractivity contribution < 1.29 is 0 Å². The zero-order chi connectivity index (χ0) is 25.3. The molecule has 0 amide bonds. The van der Waals surface area contributed by atoms with Gasteiger partial charge in [0.15, 0.2) is 5.95 Å². The lowest BCUT2D eigenvalue weighted by molar-refractivity contribution is 0.196. The van der Waals surface area contributed by atoms with Crippen molar-refractivity contribution in [3.05, 3.63) is 40.6 Å². The summed E-state index contributed by atoms with van der Waals surface area (Å²) < 4.78 is 4.39. The van der Waals surface area contributed by atoms with Gasteiger partial charge in [-0.3, -0.25) is 9.80 Å². The molecule has 2 saturated carbocycles. The van der Waals surface area contributed by atoms with Crippen LogP contribution in [0.5, 0.6) is 0 Å². The average molecular weight is 508 g/mol. The molecule has 0 atom stereocenters. The zero-order valence-corrected chi connectivity index (χ0v) is 22.6. The molecule has 37 heavy (non-hydrogen) atoms. The normalized spacial score (nSPS) is 22.1. The fourth-order valence-electron chi connectivity index (χ4n) is 6.89. The third kappa shape index (κ3) is 7.37. The highest BCUT2D eigenvalue weighted by molar-refractivity contribution is 5.22. The summed E-state index contributed by atoms with van der Waals surface area (Å²) in [4.78, 5) is 16.5. The van der Waals surface area contributed by atoms with Crippen LogP contribution in [0.1, 0.15) is 88.4 Å². The highest BCUT2D eigenvalue weighted by Crippen LogP contribution is 2.27. The number of imidazole rings is 2. The van der Waals surface area contributed by atoms with Crippen molar-refractivity contribution in [1.29, 1.82) is 0 Å². The molecule has 4 aliphatic rings. The van der Waals surface area contributed by atoms with E-state index in [1.165, 1.54) is 102 Å². The quantitative estimate of drug-likeness (QED) is 0.270. The van der Waals surface area contributed by atoms with E-state index in [9.17, 15) is 0 Å². The number of rotatable bonds is 5. The van der Waals surface area contributed by atoms with Crippen LogP contribution in [0.2, 0.25) is 0 Å². The Morgan fingerprint density at radius 2 is 1.38 bits per heavy atom. The molecule has 0 radical (unpaired) electrons. The number of aromatic nitrogens is 4. The van der Waals surface area contributed by atoms with Crippen molar-refractivity contribution in [2.45, 2.75) is 103 Å². The zero-order valence-electron chi connectivity index (χ0n) is 22.6. The minimum Gasteiger partial charge on any atom is -0.333 e. The van der Waals surface area contributed by atoms with Gasteiger partial charge < -0.3 is 9.13 Å². The Balaban J connectivity index is 0.000000153. The average Bonchev–Trinajstić information content (AvgIpc) is 3.39. The second-order valence-corrected chi connectivity index (χ2v) is 11.7. The molecule has 9 heteroatoms. The maximum Gasteiger partial charge on any atom is 0.197 e. The van der Waals surface area contributed by atoms with Crippen molar-refractivity contribution in [3.63, 3.8) is 0 Å². The van der Waals surface area contributed by atoms with E-state index in [0.29, 0.717) is 5.95 Å². The minimum absolute atomic E-state index is 0.516. The van der Waals surface area contributed by atoms with Crippen LogP contribution in [0.4, 0.5) is 5.95 Å². The Kier molecular flexibility index (Phi) is 9.55. The fraction of sp³-hybridized carbons (Fsp3) is 0.786. The van der Waals surface area contributed by atoms with Crippen LogP contribution in [0, 0.1) is 11.8 Å². The Morgan fingerprint density at radius 3 is 2.03 bits per heavy atom. The highest BCUT2D eigenvalue weighted by Gasteiger charge is 2.22. The Hall–Kier alpha value is -2.35. The van der Waals surface area contributed by atoms with Gasteiger partial charge in [-0.05, 0) is 61.0 Å². The third-order valence-electron chi connectivity index (χ3n) is 8.83. The molecule has 9 nitrogen and oxygen atoms in total. The summed E-state index contributed by atoms with van der Waals surface area (Å²) in [5.74, 6) is 2.34. The lowest BCUT2D eigenvalue weighted by Crippen LogP contribution is -2.30. The molecular weight excluding hydrogens is 462 g/mol. The maximum atomic E-state index is 8.57. The number of azide groups is 1. The summed E-state index contributed by atoms with van der Waals surface area (Å²) >= 11 is 0. The molecule has 0 aromatic carbocycles. The van der Waals surface area contributed by atoms with E-state index >= 15 is 0 Å². The van der Waals surface area contributed by atoms with Crippen molar-refractivity contribution in [3.8, 4) is 0 Å². The molecule has 2 aliphatic heterocycles. The van der Waals surface area contributed by atoms with Gasteiger partial charge in [0.25, 0.3) is 0 Å². The number of aryl methyl sites for hydroxylation is 1. The van der Waals surface area contributed by atoms with Crippen LogP contribution in [0.3, 0.4) is 0 Å². The first-order valence-electron chi connectivity index (χ1n) is 14.8. The van der Waals surface area contributed by atoms with Gasteiger partial charge >= 0.3 is 0 Å². The monoisotopic (exact) mass is 507 g/mol. The lowest BCUT2D eigenvalue weighted by atomic mass is 9.89. The SMILES string of the molecule is [N-]=[N+]=Nc1ncc2n1CCCN(CC1CCCCC1)C2.c1ncn2c1CN(CC1CCCCC1)CCC2. The molecule has 0 spiro atoms.